The molecule has 1 aliphatic rings. The number of hydrogen-bond acceptors (Lipinski definition) is 3. The Kier molecular flexibility index (Phi) is 4.25. The van der Waals surface area contributed by atoms with Crippen molar-refractivity contribution in [1.29, 1.82) is 0 Å². The van der Waals surface area contributed by atoms with E-state index in [-0.39, 0.29) is 5.92 Å². The van der Waals surface area contributed by atoms with Crippen molar-refractivity contribution >= 4 is 11.9 Å². The molecule has 3 rings (SSSR count). The average Bonchev–Trinajstić information content (AvgIpc) is 3.32. The van der Waals surface area contributed by atoms with E-state index in [2.05, 4.69) is 5.32 Å². The number of carbonyl (C=O) groups is 2. The number of amides is 1. The van der Waals surface area contributed by atoms with Crippen LogP contribution in [-0.2, 0) is 4.79 Å². The fraction of sp³-hybridized carbons (Fsp3) is 0.263. The van der Waals surface area contributed by atoms with Crippen molar-refractivity contribution in [3.8, 4) is 5.75 Å². The SMILES string of the molecule is CCOc1cccc(C(=O)NC2(C(=O)O)CC2c2ccccc2)c1. The van der Waals surface area contributed by atoms with E-state index < -0.39 is 17.4 Å². The third-order valence-electron chi connectivity index (χ3n) is 4.29. The third kappa shape index (κ3) is 2.97. The Morgan fingerprint density at radius 2 is 1.96 bits per heavy atom. The molecule has 1 saturated carbocycles. The molecule has 2 unspecified atom stereocenters. The maximum atomic E-state index is 12.5. The Morgan fingerprint density at radius 1 is 1.21 bits per heavy atom. The second-order valence-electron chi connectivity index (χ2n) is 5.86. The monoisotopic (exact) mass is 325 g/mol. The van der Waals surface area contributed by atoms with Gasteiger partial charge in [0, 0.05) is 11.5 Å². The molecule has 0 bridgehead atoms. The van der Waals surface area contributed by atoms with Gasteiger partial charge in [0.05, 0.1) is 6.61 Å². The van der Waals surface area contributed by atoms with Gasteiger partial charge in [-0.1, -0.05) is 36.4 Å². The molecule has 0 heterocycles. The van der Waals surface area contributed by atoms with E-state index in [0.717, 1.165) is 5.56 Å². The standard InChI is InChI=1S/C19H19NO4/c1-2-24-15-10-6-9-14(11-15)17(21)20-19(18(22)23)12-16(19)13-7-4-3-5-8-13/h3-11,16H,2,12H2,1H3,(H,20,21)(H,22,23). The first-order valence-electron chi connectivity index (χ1n) is 7.90. The topological polar surface area (TPSA) is 75.6 Å². The van der Waals surface area contributed by atoms with Crippen LogP contribution in [0.2, 0.25) is 0 Å². The van der Waals surface area contributed by atoms with Crippen molar-refractivity contribution in [3.63, 3.8) is 0 Å². The Balaban J connectivity index is 1.79. The summed E-state index contributed by atoms with van der Waals surface area (Å²) in [5.74, 6) is -1.04. The highest BCUT2D eigenvalue weighted by atomic mass is 16.5. The van der Waals surface area contributed by atoms with Crippen LogP contribution in [0.5, 0.6) is 5.75 Å². The van der Waals surface area contributed by atoms with Crippen LogP contribution in [0.1, 0.15) is 35.2 Å². The quantitative estimate of drug-likeness (QED) is 0.856. The highest BCUT2D eigenvalue weighted by Crippen LogP contribution is 2.51. The molecular formula is C19H19NO4. The van der Waals surface area contributed by atoms with Crippen molar-refractivity contribution in [2.45, 2.75) is 24.8 Å². The first kappa shape index (κ1) is 16.1. The molecule has 2 atom stereocenters. The van der Waals surface area contributed by atoms with Crippen LogP contribution < -0.4 is 10.1 Å². The first-order valence-corrected chi connectivity index (χ1v) is 7.90. The van der Waals surface area contributed by atoms with Gasteiger partial charge < -0.3 is 15.2 Å². The van der Waals surface area contributed by atoms with Gasteiger partial charge in [-0.05, 0) is 37.1 Å². The summed E-state index contributed by atoms with van der Waals surface area (Å²) in [7, 11) is 0. The lowest BCUT2D eigenvalue weighted by atomic mass is 10.1. The van der Waals surface area contributed by atoms with E-state index >= 15 is 0 Å². The Hall–Kier alpha value is -2.82. The van der Waals surface area contributed by atoms with Gasteiger partial charge in [0.2, 0.25) is 0 Å². The van der Waals surface area contributed by atoms with Gasteiger partial charge in [-0.25, -0.2) is 4.79 Å². The minimum atomic E-state index is -1.24. The number of benzene rings is 2. The highest BCUT2D eigenvalue weighted by Gasteiger charge is 2.62. The van der Waals surface area contributed by atoms with Gasteiger partial charge in [0.1, 0.15) is 11.3 Å². The zero-order valence-electron chi connectivity index (χ0n) is 13.4. The molecule has 0 saturated heterocycles. The van der Waals surface area contributed by atoms with Gasteiger partial charge in [0.25, 0.3) is 5.91 Å². The third-order valence-corrected chi connectivity index (χ3v) is 4.29. The van der Waals surface area contributed by atoms with E-state index in [9.17, 15) is 14.7 Å². The molecule has 1 aliphatic carbocycles. The molecule has 0 aliphatic heterocycles. The zero-order chi connectivity index (χ0) is 17.2. The smallest absolute Gasteiger partial charge is 0.330 e. The summed E-state index contributed by atoms with van der Waals surface area (Å²) in [5.41, 5.74) is 0.0728. The molecule has 1 fully saturated rings. The number of aliphatic carboxylic acids is 1. The van der Waals surface area contributed by atoms with Crippen molar-refractivity contribution < 1.29 is 19.4 Å². The van der Waals surface area contributed by atoms with Crippen LogP contribution in [0.15, 0.2) is 54.6 Å². The number of hydrogen-bond donors (Lipinski definition) is 2. The number of carboxylic acids is 1. The molecule has 5 heteroatoms. The van der Waals surface area contributed by atoms with Crippen molar-refractivity contribution in [1.82, 2.24) is 5.32 Å². The summed E-state index contributed by atoms with van der Waals surface area (Å²) in [5, 5.41) is 12.3. The van der Waals surface area contributed by atoms with E-state index in [1.165, 1.54) is 0 Å². The summed E-state index contributed by atoms with van der Waals surface area (Å²) >= 11 is 0. The molecule has 2 N–H and O–H groups in total. The van der Waals surface area contributed by atoms with Crippen molar-refractivity contribution in [2.75, 3.05) is 6.61 Å². The number of carboxylic acid groups (broad SMARTS) is 1. The molecule has 0 spiro atoms. The van der Waals surface area contributed by atoms with E-state index in [0.29, 0.717) is 24.3 Å². The van der Waals surface area contributed by atoms with Gasteiger partial charge in [-0.15, -0.1) is 0 Å². The molecule has 1 amide bonds. The fourth-order valence-corrected chi connectivity index (χ4v) is 2.95. The predicted molar refractivity (Wildman–Crippen MR) is 89.2 cm³/mol. The lowest BCUT2D eigenvalue weighted by molar-refractivity contribution is -0.140. The van der Waals surface area contributed by atoms with Gasteiger partial charge in [0.15, 0.2) is 0 Å². The fourth-order valence-electron chi connectivity index (χ4n) is 2.95. The molecular weight excluding hydrogens is 306 g/mol. The summed E-state index contributed by atoms with van der Waals surface area (Å²) < 4.78 is 5.38. The lowest BCUT2D eigenvalue weighted by Gasteiger charge is -2.15. The summed E-state index contributed by atoms with van der Waals surface area (Å²) in [6, 6.07) is 16.1. The Morgan fingerprint density at radius 3 is 2.62 bits per heavy atom. The Labute approximate surface area is 140 Å². The predicted octanol–water partition coefficient (Wildman–Crippen LogP) is 2.83. The van der Waals surface area contributed by atoms with Crippen LogP contribution in [0.3, 0.4) is 0 Å². The number of rotatable bonds is 6. The molecule has 24 heavy (non-hydrogen) atoms. The van der Waals surface area contributed by atoms with Gasteiger partial charge >= 0.3 is 5.97 Å². The number of carbonyl (C=O) groups excluding carboxylic acids is 1. The number of nitrogens with one attached hydrogen (secondary N) is 1. The summed E-state index contributed by atoms with van der Waals surface area (Å²) in [6.45, 7) is 2.36. The molecule has 5 nitrogen and oxygen atoms in total. The van der Waals surface area contributed by atoms with E-state index in [4.69, 9.17) is 4.74 Å². The maximum Gasteiger partial charge on any atom is 0.330 e. The van der Waals surface area contributed by atoms with Crippen molar-refractivity contribution in [2.24, 2.45) is 0 Å². The zero-order valence-corrected chi connectivity index (χ0v) is 13.4. The normalized spacial score (nSPS) is 21.8. The minimum Gasteiger partial charge on any atom is -0.494 e. The van der Waals surface area contributed by atoms with Crippen LogP contribution >= 0.6 is 0 Å². The maximum absolute atomic E-state index is 12.5. The van der Waals surface area contributed by atoms with E-state index in [1.54, 1.807) is 24.3 Å². The summed E-state index contributed by atoms with van der Waals surface area (Å²) in [6.07, 6.45) is 0.392. The minimum absolute atomic E-state index is 0.213. The van der Waals surface area contributed by atoms with E-state index in [1.807, 2.05) is 37.3 Å². The van der Waals surface area contributed by atoms with Crippen LogP contribution in [0.25, 0.3) is 0 Å². The molecule has 124 valence electrons. The summed E-state index contributed by atoms with van der Waals surface area (Å²) in [4.78, 5) is 24.3. The molecule has 2 aromatic carbocycles. The van der Waals surface area contributed by atoms with Crippen LogP contribution in [0.4, 0.5) is 0 Å². The largest absolute Gasteiger partial charge is 0.494 e. The highest BCUT2D eigenvalue weighted by molar-refractivity contribution is 6.00. The van der Waals surface area contributed by atoms with Crippen LogP contribution in [-0.4, -0.2) is 29.1 Å². The lowest BCUT2D eigenvalue weighted by Crippen LogP contribution is -2.44. The molecule has 0 aromatic heterocycles. The second-order valence-corrected chi connectivity index (χ2v) is 5.86. The van der Waals surface area contributed by atoms with Crippen LogP contribution in [0, 0.1) is 0 Å². The Bertz CT molecular complexity index is 759. The number of ether oxygens (including phenoxy) is 1. The molecule has 2 aromatic rings. The van der Waals surface area contributed by atoms with Crippen molar-refractivity contribution in [3.05, 3.63) is 65.7 Å². The van der Waals surface area contributed by atoms with Gasteiger partial charge in [-0.2, -0.15) is 0 Å². The first-order chi connectivity index (χ1) is 11.6. The van der Waals surface area contributed by atoms with Gasteiger partial charge in [-0.3, -0.25) is 4.79 Å². The molecule has 0 radical (unpaired) electrons. The second kappa shape index (κ2) is 6.35. The average molecular weight is 325 g/mol.